The Balaban J connectivity index is 1.73. The van der Waals surface area contributed by atoms with E-state index in [0.29, 0.717) is 41.1 Å². The SMILES string of the molecule is C=CC(=O)N(C)/C(=C\C)C(O)c1ccc(F)c(-c2ncnc3cc(N4CCOCC4)ccc23)c1. The minimum atomic E-state index is -1.14. The fourth-order valence-corrected chi connectivity index (χ4v) is 4.14. The third-order valence-electron chi connectivity index (χ3n) is 6.03. The average Bonchev–Trinajstić information content (AvgIpc) is 2.88. The van der Waals surface area contributed by atoms with Crippen LogP contribution in [0.1, 0.15) is 18.6 Å². The number of hydrogen-bond acceptors (Lipinski definition) is 6. The fraction of sp³-hybridized carbons (Fsp3) is 0.269. The zero-order chi connectivity index (χ0) is 24.2. The van der Waals surface area contributed by atoms with E-state index in [2.05, 4.69) is 21.4 Å². The molecule has 1 aliphatic rings. The molecule has 176 valence electrons. The molecule has 1 N–H and O–H groups in total. The first kappa shape index (κ1) is 23.5. The number of likely N-dealkylation sites (N-methyl/N-ethyl adjacent to an activating group) is 1. The summed E-state index contributed by atoms with van der Waals surface area (Å²) in [5.41, 5.74) is 3.21. The van der Waals surface area contributed by atoms with Gasteiger partial charge in [-0.3, -0.25) is 4.79 Å². The Bertz CT molecular complexity index is 1250. The van der Waals surface area contributed by atoms with E-state index in [1.807, 2.05) is 18.2 Å². The van der Waals surface area contributed by atoms with Crippen LogP contribution in [0.4, 0.5) is 10.1 Å². The topological polar surface area (TPSA) is 78.8 Å². The van der Waals surface area contributed by atoms with E-state index < -0.39 is 11.9 Å². The summed E-state index contributed by atoms with van der Waals surface area (Å²) in [7, 11) is 1.55. The molecule has 1 saturated heterocycles. The van der Waals surface area contributed by atoms with Gasteiger partial charge in [0.2, 0.25) is 5.91 Å². The maximum Gasteiger partial charge on any atom is 0.249 e. The number of aromatic nitrogens is 2. The van der Waals surface area contributed by atoms with Crippen molar-refractivity contribution in [2.45, 2.75) is 13.0 Å². The summed E-state index contributed by atoms with van der Waals surface area (Å²) in [6.07, 6.45) is 3.09. The number of rotatable bonds is 6. The molecular formula is C26H27FN4O3. The molecule has 3 aromatic rings. The maximum absolute atomic E-state index is 15.0. The maximum atomic E-state index is 15.0. The number of aliphatic hydroxyl groups excluding tert-OH is 1. The Labute approximate surface area is 197 Å². The minimum absolute atomic E-state index is 0.247. The van der Waals surface area contributed by atoms with Gasteiger partial charge in [-0.1, -0.05) is 18.7 Å². The van der Waals surface area contributed by atoms with Crippen molar-refractivity contribution in [1.29, 1.82) is 0 Å². The van der Waals surface area contributed by atoms with Gasteiger partial charge in [-0.2, -0.15) is 0 Å². The second-order valence-corrected chi connectivity index (χ2v) is 7.98. The van der Waals surface area contributed by atoms with E-state index in [9.17, 15) is 14.3 Å². The largest absolute Gasteiger partial charge is 0.382 e. The van der Waals surface area contributed by atoms with Crippen LogP contribution in [0, 0.1) is 5.82 Å². The number of hydrogen-bond donors (Lipinski definition) is 1. The van der Waals surface area contributed by atoms with Gasteiger partial charge in [-0.15, -0.1) is 0 Å². The molecule has 1 aliphatic heterocycles. The van der Waals surface area contributed by atoms with Gasteiger partial charge in [0.1, 0.15) is 18.2 Å². The summed E-state index contributed by atoms with van der Waals surface area (Å²) in [5, 5.41) is 11.7. The van der Waals surface area contributed by atoms with E-state index in [-0.39, 0.29) is 11.5 Å². The van der Waals surface area contributed by atoms with Crippen molar-refractivity contribution < 1.29 is 19.0 Å². The van der Waals surface area contributed by atoms with E-state index in [4.69, 9.17) is 4.74 Å². The number of aliphatic hydroxyl groups is 1. The molecule has 1 fully saturated rings. The summed E-state index contributed by atoms with van der Waals surface area (Å²) in [6, 6.07) is 10.2. The normalized spacial score (nSPS) is 15.3. The number of fused-ring (bicyclic) bond motifs is 1. The molecule has 0 spiro atoms. The second-order valence-electron chi connectivity index (χ2n) is 7.98. The predicted octanol–water partition coefficient (Wildman–Crippen LogP) is 3.85. The number of allylic oxidation sites excluding steroid dienone is 1. The molecule has 4 rings (SSSR count). The third kappa shape index (κ3) is 4.55. The molecule has 0 radical (unpaired) electrons. The number of anilines is 1. The van der Waals surface area contributed by atoms with Crippen LogP contribution in [0.2, 0.25) is 0 Å². The molecule has 8 heteroatoms. The molecular weight excluding hydrogens is 435 g/mol. The number of carbonyl (C=O) groups excluding carboxylic acids is 1. The number of benzene rings is 2. The van der Waals surface area contributed by atoms with Crippen molar-refractivity contribution in [3.63, 3.8) is 0 Å². The van der Waals surface area contributed by atoms with Gasteiger partial charge >= 0.3 is 0 Å². The monoisotopic (exact) mass is 462 g/mol. The number of ether oxygens (including phenoxy) is 1. The van der Waals surface area contributed by atoms with Gasteiger partial charge in [-0.05, 0) is 48.9 Å². The van der Waals surface area contributed by atoms with Crippen LogP contribution in [-0.4, -0.2) is 59.2 Å². The molecule has 2 aromatic carbocycles. The lowest BCUT2D eigenvalue weighted by molar-refractivity contribution is -0.123. The smallest absolute Gasteiger partial charge is 0.249 e. The number of amides is 1. The van der Waals surface area contributed by atoms with Gasteiger partial charge in [0, 0.05) is 42.5 Å². The van der Waals surface area contributed by atoms with Crippen molar-refractivity contribution in [3.8, 4) is 11.3 Å². The summed E-state index contributed by atoms with van der Waals surface area (Å²) in [4.78, 5) is 24.3. The van der Waals surface area contributed by atoms with Crippen molar-refractivity contribution in [2.24, 2.45) is 0 Å². The molecule has 2 heterocycles. The van der Waals surface area contributed by atoms with Crippen molar-refractivity contribution in [2.75, 3.05) is 38.3 Å². The first-order valence-electron chi connectivity index (χ1n) is 11.1. The lowest BCUT2D eigenvalue weighted by Crippen LogP contribution is -2.36. The van der Waals surface area contributed by atoms with Gasteiger partial charge in [-0.25, -0.2) is 14.4 Å². The Hall–Kier alpha value is -3.62. The minimum Gasteiger partial charge on any atom is -0.382 e. The summed E-state index contributed by atoms with van der Waals surface area (Å²) >= 11 is 0. The lowest BCUT2D eigenvalue weighted by Gasteiger charge is -2.29. The second kappa shape index (κ2) is 10.1. The van der Waals surface area contributed by atoms with Crippen LogP contribution in [0.25, 0.3) is 22.2 Å². The van der Waals surface area contributed by atoms with E-state index in [0.717, 1.165) is 18.8 Å². The molecule has 0 bridgehead atoms. The highest BCUT2D eigenvalue weighted by Gasteiger charge is 2.22. The van der Waals surface area contributed by atoms with Gasteiger partial charge in [0.05, 0.1) is 24.4 Å². The number of morpholine rings is 1. The Morgan fingerprint density at radius 2 is 2.00 bits per heavy atom. The third-order valence-corrected chi connectivity index (χ3v) is 6.03. The molecule has 1 unspecified atom stereocenters. The fourth-order valence-electron chi connectivity index (χ4n) is 4.14. The average molecular weight is 463 g/mol. The molecule has 34 heavy (non-hydrogen) atoms. The molecule has 0 saturated carbocycles. The molecule has 0 aliphatic carbocycles. The Morgan fingerprint density at radius 3 is 2.71 bits per heavy atom. The van der Waals surface area contributed by atoms with Crippen LogP contribution >= 0.6 is 0 Å². The quantitative estimate of drug-likeness (QED) is 0.561. The standard InChI is InChI=1S/C26H27FN4O3/c1-4-23(30(3)24(32)5-2)26(33)17-6-9-21(27)20(14-17)25-19-8-7-18(15-22(19)28-16-29-25)31-10-12-34-13-11-31/h4-9,14-16,26,33H,2,10-13H2,1,3H3/b23-4-. The predicted molar refractivity (Wildman–Crippen MR) is 130 cm³/mol. The molecule has 1 aromatic heterocycles. The van der Waals surface area contributed by atoms with Crippen LogP contribution in [0.15, 0.2) is 67.2 Å². The van der Waals surface area contributed by atoms with Crippen LogP contribution in [0.3, 0.4) is 0 Å². The summed E-state index contributed by atoms with van der Waals surface area (Å²) in [5.74, 6) is -0.821. The Morgan fingerprint density at radius 1 is 1.24 bits per heavy atom. The zero-order valence-corrected chi connectivity index (χ0v) is 19.2. The number of halogens is 1. The Kier molecular flexibility index (Phi) is 7.00. The first-order chi connectivity index (χ1) is 16.4. The van der Waals surface area contributed by atoms with E-state index in [1.54, 1.807) is 26.1 Å². The van der Waals surface area contributed by atoms with Gasteiger partial charge in [0.25, 0.3) is 0 Å². The summed E-state index contributed by atoms with van der Waals surface area (Å²) < 4.78 is 20.4. The highest BCUT2D eigenvalue weighted by molar-refractivity contribution is 5.94. The highest BCUT2D eigenvalue weighted by Crippen LogP contribution is 2.33. The van der Waals surface area contributed by atoms with Crippen molar-refractivity contribution >= 4 is 22.5 Å². The molecule has 1 atom stereocenters. The highest BCUT2D eigenvalue weighted by atomic mass is 19.1. The van der Waals surface area contributed by atoms with Gasteiger partial charge < -0.3 is 19.6 Å². The van der Waals surface area contributed by atoms with Crippen molar-refractivity contribution in [3.05, 3.63) is 78.5 Å². The lowest BCUT2D eigenvalue weighted by atomic mass is 9.98. The van der Waals surface area contributed by atoms with E-state index >= 15 is 0 Å². The zero-order valence-electron chi connectivity index (χ0n) is 19.2. The summed E-state index contributed by atoms with van der Waals surface area (Å²) in [6.45, 7) is 8.16. The van der Waals surface area contributed by atoms with E-state index in [1.165, 1.54) is 29.4 Å². The molecule has 7 nitrogen and oxygen atoms in total. The van der Waals surface area contributed by atoms with Crippen LogP contribution < -0.4 is 4.90 Å². The first-order valence-corrected chi connectivity index (χ1v) is 11.1. The number of carbonyl (C=O) groups is 1. The van der Waals surface area contributed by atoms with Gasteiger partial charge in [0.15, 0.2) is 0 Å². The number of nitrogens with zero attached hydrogens (tertiary/aromatic N) is 4. The molecule has 1 amide bonds. The van der Waals surface area contributed by atoms with Crippen LogP contribution in [0.5, 0.6) is 0 Å². The van der Waals surface area contributed by atoms with Crippen molar-refractivity contribution in [1.82, 2.24) is 14.9 Å². The van der Waals surface area contributed by atoms with Crippen LogP contribution in [-0.2, 0) is 9.53 Å².